The van der Waals surface area contributed by atoms with Crippen LogP contribution in [-0.2, 0) is 4.74 Å². The molecule has 0 saturated heterocycles. The Balaban J connectivity index is 2.51. The van der Waals surface area contributed by atoms with E-state index in [0.29, 0.717) is 0 Å². The summed E-state index contributed by atoms with van der Waals surface area (Å²) in [6.45, 7) is 3.66. The summed E-state index contributed by atoms with van der Waals surface area (Å²) in [5.41, 5.74) is 1.15. The van der Waals surface area contributed by atoms with E-state index in [9.17, 15) is 0 Å². The Morgan fingerprint density at radius 3 is 2.89 bits per heavy atom. The normalized spacial score (nSPS) is 12.0. The van der Waals surface area contributed by atoms with Crippen molar-refractivity contribution in [2.24, 2.45) is 0 Å². The Morgan fingerprint density at radius 2 is 2.26 bits per heavy atom. The third-order valence-corrected chi connectivity index (χ3v) is 3.70. The van der Waals surface area contributed by atoms with Gasteiger partial charge in [0.15, 0.2) is 5.11 Å². The van der Waals surface area contributed by atoms with Gasteiger partial charge in [0.1, 0.15) is 0 Å². The first-order valence-electron chi connectivity index (χ1n) is 6.31. The van der Waals surface area contributed by atoms with Gasteiger partial charge < -0.3 is 15.0 Å². The second-order valence-corrected chi connectivity index (χ2v) is 5.24. The molecule has 0 fully saturated rings. The Kier molecular flexibility index (Phi) is 7.13. The highest BCUT2D eigenvalue weighted by Gasteiger charge is 2.14. The Labute approximate surface area is 125 Å². The lowest BCUT2D eigenvalue weighted by molar-refractivity contribution is 0.195. The van der Waals surface area contributed by atoms with Gasteiger partial charge in [0.2, 0.25) is 0 Å². The predicted octanol–water partition coefficient (Wildman–Crippen LogP) is 3.24. The van der Waals surface area contributed by atoms with E-state index >= 15 is 0 Å². The van der Waals surface area contributed by atoms with Crippen LogP contribution >= 0.6 is 23.8 Å². The summed E-state index contributed by atoms with van der Waals surface area (Å²) < 4.78 is 5.00. The fourth-order valence-corrected chi connectivity index (χ4v) is 2.16. The predicted molar refractivity (Wildman–Crippen MR) is 84.7 cm³/mol. The van der Waals surface area contributed by atoms with Crippen LogP contribution in [0.3, 0.4) is 0 Å². The van der Waals surface area contributed by atoms with Crippen LogP contribution < -0.4 is 5.32 Å². The zero-order chi connectivity index (χ0) is 14.3. The third-order valence-electron chi connectivity index (χ3n) is 3.03. The molecule has 0 radical (unpaired) electrons. The quantitative estimate of drug-likeness (QED) is 0.644. The fraction of sp³-hybridized carbons (Fsp3) is 0.500. The molecular weight excluding hydrogens is 280 g/mol. The fourth-order valence-electron chi connectivity index (χ4n) is 1.70. The van der Waals surface area contributed by atoms with Gasteiger partial charge in [-0.3, -0.25) is 0 Å². The van der Waals surface area contributed by atoms with Gasteiger partial charge >= 0.3 is 0 Å². The molecule has 0 spiro atoms. The molecule has 5 heteroatoms. The Morgan fingerprint density at radius 1 is 1.53 bits per heavy atom. The summed E-state index contributed by atoms with van der Waals surface area (Å²) in [5, 5.41) is 4.71. The summed E-state index contributed by atoms with van der Waals surface area (Å²) in [7, 11) is 3.68. The highest BCUT2D eigenvalue weighted by molar-refractivity contribution is 7.80. The van der Waals surface area contributed by atoms with Crippen LogP contribution in [0.15, 0.2) is 24.3 Å². The molecule has 0 amide bonds. The summed E-state index contributed by atoms with van der Waals surface area (Å²) in [6, 6.07) is 8.04. The van der Waals surface area contributed by atoms with E-state index in [1.54, 1.807) is 7.11 Å². The van der Waals surface area contributed by atoms with Crippen molar-refractivity contribution in [3.63, 3.8) is 0 Å². The first kappa shape index (κ1) is 16.2. The number of hydrogen-bond acceptors (Lipinski definition) is 2. The molecule has 1 N–H and O–H groups in total. The number of hydrogen-bond donors (Lipinski definition) is 1. The lowest BCUT2D eigenvalue weighted by atomic mass is 10.1. The van der Waals surface area contributed by atoms with E-state index in [1.165, 1.54) is 0 Å². The molecule has 0 aromatic heterocycles. The Hall–Kier alpha value is -0.840. The molecule has 0 aliphatic heterocycles. The van der Waals surface area contributed by atoms with E-state index in [-0.39, 0.29) is 6.04 Å². The van der Waals surface area contributed by atoms with Crippen molar-refractivity contribution < 1.29 is 4.74 Å². The van der Waals surface area contributed by atoms with Crippen molar-refractivity contribution in [1.29, 1.82) is 0 Å². The highest BCUT2D eigenvalue weighted by Crippen LogP contribution is 2.21. The SMILES string of the molecule is COCCCNC(=S)N(C)C(C)c1cccc(Cl)c1. The first-order chi connectivity index (χ1) is 9.06. The monoisotopic (exact) mass is 300 g/mol. The number of rotatable bonds is 6. The molecule has 106 valence electrons. The zero-order valence-electron chi connectivity index (χ0n) is 11.6. The molecule has 1 aromatic carbocycles. The van der Waals surface area contributed by atoms with Crippen molar-refractivity contribution in [1.82, 2.24) is 10.2 Å². The second-order valence-electron chi connectivity index (χ2n) is 4.42. The van der Waals surface area contributed by atoms with Gasteiger partial charge in [-0.15, -0.1) is 0 Å². The average Bonchev–Trinajstić information content (AvgIpc) is 2.41. The van der Waals surface area contributed by atoms with E-state index < -0.39 is 0 Å². The van der Waals surface area contributed by atoms with Crippen molar-refractivity contribution in [3.05, 3.63) is 34.9 Å². The molecular formula is C14H21ClN2OS. The molecule has 1 aromatic rings. The van der Waals surface area contributed by atoms with Crippen LogP contribution in [-0.4, -0.2) is 37.3 Å². The van der Waals surface area contributed by atoms with Crippen molar-refractivity contribution in [2.45, 2.75) is 19.4 Å². The number of thiocarbonyl (C=S) groups is 1. The van der Waals surface area contributed by atoms with Gasteiger partial charge in [-0.1, -0.05) is 23.7 Å². The molecule has 0 aliphatic rings. The smallest absolute Gasteiger partial charge is 0.169 e. The largest absolute Gasteiger partial charge is 0.385 e. The lowest BCUT2D eigenvalue weighted by Crippen LogP contribution is -2.39. The minimum Gasteiger partial charge on any atom is -0.385 e. The maximum atomic E-state index is 6.01. The molecule has 19 heavy (non-hydrogen) atoms. The molecule has 0 aliphatic carbocycles. The van der Waals surface area contributed by atoms with Crippen LogP contribution in [0.4, 0.5) is 0 Å². The molecule has 0 saturated carbocycles. The third kappa shape index (κ3) is 5.35. The van der Waals surface area contributed by atoms with Crippen LogP contribution in [0.2, 0.25) is 5.02 Å². The average molecular weight is 301 g/mol. The maximum absolute atomic E-state index is 6.01. The number of ether oxygens (including phenoxy) is 1. The van der Waals surface area contributed by atoms with Gasteiger partial charge in [0, 0.05) is 32.3 Å². The lowest BCUT2D eigenvalue weighted by Gasteiger charge is -2.28. The van der Waals surface area contributed by atoms with Crippen LogP contribution in [0.5, 0.6) is 0 Å². The zero-order valence-corrected chi connectivity index (χ0v) is 13.2. The van der Waals surface area contributed by atoms with Gasteiger partial charge in [-0.05, 0) is 43.3 Å². The van der Waals surface area contributed by atoms with Crippen molar-refractivity contribution in [3.8, 4) is 0 Å². The standard InChI is InChI=1S/C14H21ClN2OS/c1-11(12-6-4-7-13(15)10-12)17(2)14(19)16-8-5-9-18-3/h4,6-7,10-11H,5,8-9H2,1-3H3,(H,16,19). The van der Waals surface area contributed by atoms with Gasteiger partial charge in [-0.25, -0.2) is 0 Å². The molecule has 0 bridgehead atoms. The van der Waals surface area contributed by atoms with Crippen molar-refractivity contribution in [2.75, 3.05) is 27.3 Å². The van der Waals surface area contributed by atoms with Gasteiger partial charge in [-0.2, -0.15) is 0 Å². The molecule has 1 rings (SSSR count). The summed E-state index contributed by atoms with van der Waals surface area (Å²) in [4.78, 5) is 2.04. The number of nitrogens with zero attached hydrogens (tertiary/aromatic N) is 1. The minimum atomic E-state index is 0.182. The van der Waals surface area contributed by atoms with Crippen LogP contribution in [0, 0.1) is 0 Å². The first-order valence-corrected chi connectivity index (χ1v) is 7.10. The van der Waals surface area contributed by atoms with Crippen LogP contribution in [0.25, 0.3) is 0 Å². The maximum Gasteiger partial charge on any atom is 0.169 e. The summed E-state index contributed by atoms with van der Waals surface area (Å²) in [6.07, 6.45) is 0.941. The van der Waals surface area contributed by atoms with Gasteiger partial charge in [0.05, 0.1) is 6.04 Å². The minimum absolute atomic E-state index is 0.182. The molecule has 1 unspecified atom stereocenters. The van der Waals surface area contributed by atoms with Crippen molar-refractivity contribution >= 4 is 28.9 Å². The van der Waals surface area contributed by atoms with E-state index in [1.807, 2.05) is 30.1 Å². The number of halogens is 1. The molecule has 3 nitrogen and oxygen atoms in total. The topological polar surface area (TPSA) is 24.5 Å². The summed E-state index contributed by atoms with van der Waals surface area (Å²) in [5.74, 6) is 0. The van der Waals surface area contributed by atoms with E-state index in [0.717, 1.165) is 35.3 Å². The van der Waals surface area contributed by atoms with Crippen LogP contribution in [0.1, 0.15) is 24.9 Å². The number of benzene rings is 1. The van der Waals surface area contributed by atoms with E-state index in [4.69, 9.17) is 28.6 Å². The molecule has 0 heterocycles. The molecule has 1 atom stereocenters. The Bertz CT molecular complexity index is 414. The number of methoxy groups -OCH3 is 1. The number of nitrogens with one attached hydrogen (secondary N) is 1. The second kappa shape index (κ2) is 8.35. The summed E-state index contributed by atoms with van der Waals surface area (Å²) >= 11 is 11.4. The van der Waals surface area contributed by atoms with E-state index in [2.05, 4.69) is 18.3 Å². The van der Waals surface area contributed by atoms with Gasteiger partial charge in [0.25, 0.3) is 0 Å². The highest BCUT2D eigenvalue weighted by atomic mass is 35.5.